The second kappa shape index (κ2) is 3.74. The molecule has 0 aliphatic carbocycles. The van der Waals surface area contributed by atoms with Crippen LogP contribution < -0.4 is 4.57 Å². The molecule has 0 saturated heterocycles. The highest BCUT2D eigenvalue weighted by Gasteiger charge is 2.12. The van der Waals surface area contributed by atoms with Crippen molar-refractivity contribution in [2.45, 2.75) is 6.92 Å². The minimum absolute atomic E-state index is 1.24. The second-order valence-electron chi connectivity index (χ2n) is 4.41. The number of rotatable bonds is 1. The van der Waals surface area contributed by atoms with Gasteiger partial charge in [0.25, 0.3) is 0 Å². The van der Waals surface area contributed by atoms with Crippen molar-refractivity contribution < 1.29 is 4.57 Å². The Bertz CT molecular complexity index is 680. The summed E-state index contributed by atoms with van der Waals surface area (Å²) >= 11 is 0. The van der Waals surface area contributed by atoms with E-state index in [4.69, 9.17) is 0 Å². The molecule has 0 saturated carbocycles. The molecule has 0 bridgehead atoms. The van der Waals surface area contributed by atoms with Gasteiger partial charge in [-0.1, -0.05) is 0 Å². The first-order chi connectivity index (χ1) is 8.25. The molecule has 3 heterocycles. The summed E-state index contributed by atoms with van der Waals surface area (Å²) in [7, 11) is 2.08. The lowest BCUT2D eigenvalue weighted by Crippen LogP contribution is -2.30. The van der Waals surface area contributed by atoms with Gasteiger partial charge in [0.15, 0.2) is 6.20 Å². The van der Waals surface area contributed by atoms with Crippen LogP contribution in [0, 0.1) is 6.92 Å². The number of aromatic nitrogens is 2. The van der Waals surface area contributed by atoms with Crippen molar-refractivity contribution in [2.75, 3.05) is 0 Å². The highest BCUT2D eigenvalue weighted by Crippen LogP contribution is 2.21. The van der Waals surface area contributed by atoms with Crippen LogP contribution in [-0.2, 0) is 7.05 Å². The molecule has 0 spiro atoms. The number of nitrogens with zero attached hydrogens (tertiary/aromatic N) is 2. The highest BCUT2D eigenvalue weighted by molar-refractivity contribution is 5.65. The number of pyridine rings is 2. The fraction of sp³-hybridized carbons (Fsp3) is 0.133. The van der Waals surface area contributed by atoms with Crippen LogP contribution in [0.4, 0.5) is 0 Å². The molecule has 3 aromatic heterocycles. The molecule has 0 unspecified atom stereocenters. The van der Waals surface area contributed by atoms with E-state index in [9.17, 15) is 0 Å². The van der Waals surface area contributed by atoms with Gasteiger partial charge in [-0.15, -0.1) is 0 Å². The van der Waals surface area contributed by atoms with Crippen molar-refractivity contribution in [3.05, 3.63) is 60.6 Å². The maximum absolute atomic E-state index is 2.22. The average molecular weight is 223 g/mol. The highest BCUT2D eigenvalue weighted by atomic mass is 14.9. The number of hydrogen-bond acceptors (Lipinski definition) is 0. The lowest BCUT2D eigenvalue weighted by Gasteiger charge is -2.05. The van der Waals surface area contributed by atoms with Crippen LogP contribution in [0.25, 0.3) is 16.8 Å². The average Bonchev–Trinajstić information content (AvgIpc) is 2.76. The van der Waals surface area contributed by atoms with E-state index in [1.54, 1.807) is 0 Å². The van der Waals surface area contributed by atoms with Crippen LogP contribution in [0.15, 0.2) is 55.0 Å². The zero-order valence-electron chi connectivity index (χ0n) is 10.1. The number of aryl methyl sites for hydroxylation is 2. The van der Waals surface area contributed by atoms with Crippen molar-refractivity contribution in [1.29, 1.82) is 0 Å². The van der Waals surface area contributed by atoms with Crippen LogP contribution >= 0.6 is 0 Å². The van der Waals surface area contributed by atoms with Gasteiger partial charge >= 0.3 is 0 Å². The third kappa shape index (κ3) is 1.62. The topological polar surface area (TPSA) is 8.29 Å². The van der Waals surface area contributed by atoms with E-state index in [1.165, 1.54) is 22.3 Å². The number of hydrogen-bond donors (Lipinski definition) is 0. The monoisotopic (exact) mass is 223 g/mol. The van der Waals surface area contributed by atoms with Crippen LogP contribution in [0.2, 0.25) is 0 Å². The molecular formula is C15H15N2+. The summed E-state index contributed by atoms with van der Waals surface area (Å²) in [5.74, 6) is 0. The third-order valence-electron chi connectivity index (χ3n) is 3.20. The Morgan fingerprint density at radius 3 is 2.82 bits per heavy atom. The van der Waals surface area contributed by atoms with Gasteiger partial charge in [-0.2, -0.15) is 0 Å². The fourth-order valence-corrected chi connectivity index (χ4v) is 2.26. The van der Waals surface area contributed by atoms with Gasteiger partial charge < -0.3 is 4.40 Å². The van der Waals surface area contributed by atoms with Gasteiger partial charge in [-0.3, -0.25) is 0 Å². The Labute approximate surface area is 101 Å². The maximum atomic E-state index is 2.22. The summed E-state index contributed by atoms with van der Waals surface area (Å²) < 4.78 is 4.31. The molecule has 3 rings (SSSR count). The van der Waals surface area contributed by atoms with E-state index in [-0.39, 0.29) is 0 Å². The van der Waals surface area contributed by atoms with E-state index < -0.39 is 0 Å². The maximum Gasteiger partial charge on any atom is 0.214 e. The van der Waals surface area contributed by atoms with E-state index in [2.05, 4.69) is 71.9 Å². The summed E-state index contributed by atoms with van der Waals surface area (Å²) in [6.45, 7) is 2.16. The van der Waals surface area contributed by atoms with Crippen molar-refractivity contribution in [3.8, 4) is 11.3 Å². The minimum atomic E-state index is 1.24. The first kappa shape index (κ1) is 10.1. The SMILES string of the molecule is Cc1cc2cccn2cc1-c1cccc[n+]1C. The van der Waals surface area contributed by atoms with E-state index in [0.717, 1.165) is 0 Å². The van der Waals surface area contributed by atoms with Crippen molar-refractivity contribution >= 4 is 5.52 Å². The Balaban J connectivity index is 2.30. The molecule has 0 amide bonds. The molecule has 0 radical (unpaired) electrons. The fourth-order valence-electron chi connectivity index (χ4n) is 2.26. The predicted molar refractivity (Wildman–Crippen MR) is 68.7 cm³/mol. The van der Waals surface area contributed by atoms with E-state index in [0.29, 0.717) is 0 Å². The molecule has 0 atom stereocenters. The first-order valence-corrected chi connectivity index (χ1v) is 5.78. The van der Waals surface area contributed by atoms with Crippen LogP contribution in [0.1, 0.15) is 5.56 Å². The molecule has 0 fully saturated rings. The molecule has 0 aliphatic heterocycles. The molecule has 0 aromatic carbocycles. The lowest BCUT2D eigenvalue weighted by molar-refractivity contribution is -0.660. The molecule has 3 aromatic rings. The van der Waals surface area contributed by atoms with E-state index in [1.807, 2.05) is 6.07 Å². The summed E-state index contributed by atoms with van der Waals surface area (Å²) in [5.41, 5.74) is 5.06. The van der Waals surface area contributed by atoms with E-state index >= 15 is 0 Å². The van der Waals surface area contributed by atoms with Gasteiger partial charge in [0.2, 0.25) is 5.69 Å². The molecule has 0 N–H and O–H groups in total. The molecular weight excluding hydrogens is 208 g/mol. The standard InChI is InChI=1S/C15H15N2/c1-12-10-13-6-5-9-17(13)11-14(12)15-7-3-4-8-16(15)2/h3-11H,1-2H3/q+1. The van der Waals surface area contributed by atoms with Crippen LogP contribution in [-0.4, -0.2) is 4.40 Å². The van der Waals surface area contributed by atoms with Gasteiger partial charge in [-0.25, -0.2) is 4.57 Å². The second-order valence-corrected chi connectivity index (χ2v) is 4.41. The number of fused-ring (bicyclic) bond motifs is 1. The quantitative estimate of drug-likeness (QED) is 0.561. The lowest BCUT2D eigenvalue weighted by atomic mass is 10.1. The molecule has 0 aliphatic rings. The van der Waals surface area contributed by atoms with Gasteiger partial charge in [0, 0.05) is 30.0 Å². The first-order valence-electron chi connectivity index (χ1n) is 5.78. The summed E-state index contributed by atoms with van der Waals surface area (Å²) in [6, 6.07) is 12.7. The third-order valence-corrected chi connectivity index (χ3v) is 3.20. The Hall–Kier alpha value is -2.09. The normalized spacial score (nSPS) is 10.9. The molecule has 2 heteroatoms. The summed E-state index contributed by atoms with van der Waals surface area (Å²) in [5, 5.41) is 0. The molecule has 17 heavy (non-hydrogen) atoms. The van der Waals surface area contributed by atoms with Crippen molar-refractivity contribution in [2.24, 2.45) is 7.05 Å². The van der Waals surface area contributed by atoms with Gasteiger partial charge in [-0.05, 0) is 36.8 Å². The summed E-state index contributed by atoms with van der Waals surface area (Å²) in [4.78, 5) is 0. The van der Waals surface area contributed by atoms with Crippen molar-refractivity contribution in [3.63, 3.8) is 0 Å². The van der Waals surface area contributed by atoms with Crippen LogP contribution in [0.5, 0.6) is 0 Å². The Kier molecular flexibility index (Phi) is 2.22. The zero-order valence-corrected chi connectivity index (χ0v) is 10.1. The van der Waals surface area contributed by atoms with Gasteiger partial charge in [0.1, 0.15) is 7.05 Å². The summed E-state index contributed by atoms with van der Waals surface area (Å²) in [6.07, 6.45) is 6.36. The minimum Gasteiger partial charge on any atom is -0.323 e. The van der Waals surface area contributed by atoms with Crippen LogP contribution in [0.3, 0.4) is 0 Å². The van der Waals surface area contributed by atoms with Crippen molar-refractivity contribution in [1.82, 2.24) is 4.40 Å². The molecule has 84 valence electrons. The Morgan fingerprint density at radius 1 is 1.12 bits per heavy atom. The van der Waals surface area contributed by atoms with Gasteiger partial charge in [0.05, 0.1) is 5.56 Å². The Morgan fingerprint density at radius 2 is 2.00 bits per heavy atom. The smallest absolute Gasteiger partial charge is 0.214 e. The zero-order chi connectivity index (χ0) is 11.8. The molecule has 2 nitrogen and oxygen atoms in total. The largest absolute Gasteiger partial charge is 0.323 e. The predicted octanol–water partition coefficient (Wildman–Crippen LogP) is 2.74.